The van der Waals surface area contributed by atoms with Crippen molar-refractivity contribution in [2.45, 2.75) is 18.1 Å². The van der Waals surface area contributed by atoms with Gasteiger partial charge in [0.2, 0.25) is 0 Å². The summed E-state index contributed by atoms with van der Waals surface area (Å²) in [6.45, 7) is 0.0264. The molecule has 0 bridgehead atoms. The molecule has 0 radical (unpaired) electrons. The molecule has 1 aromatic carbocycles. The van der Waals surface area contributed by atoms with E-state index in [1.165, 1.54) is 0 Å². The minimum atomic E-state index is -0.916. The van der Waals surface area contributed by atoms with Crippen LogP contribution in [0.2, 0.25) is 5.02 Å². The smallest absolute Gasteiger partial charge is 0.313 e. The fourth-order valence-corrected chi connectivity index (χ4v) is 2.73. The van der Waals surface area contributed by atoms with Gasteiger partial charge in [-0.05, 0) is 18.6 Å². The van der Waals surface area contributed by atoms with Gasteiger partial charge >= 0.3 is 5.97 Å². The molecule has 0 saturated heterocycles. The highest BCUT2D eigenvalue weighted by atomic mass is 35.5. The van der Waals surface area contributed by atoms with Crippen molar-refractivity contribution in [3.63, 3.8) is 0 Å². The predicted molar refractivity (Wildman–Crippen MR) is 73.7 cm³/mol. The summed E-state index contributed by atoms with van der Waals surface area (Å²) >= 11 is 7.17. The molecule has 0 fully saturated rings. The first-order valence-corrected chi connectivity index (χ1v) is 7.05. The largest absolute Gasteiger partial charge is 0.481 e. The lowest BCUT2D eigenvalue weighted by atomic mass is 10.3. The van der Waals surface area contributed by atoms with Gasteiger partial charge in [-0.25, -0.2) is 4.98 Å². The van der Waals surface area contributed by atoms with Crippen molar-refractivity contribution in [1.82, 2.24) is 9.55 Å². The summed E-state index contributed by atoms with van der Waals surface area (Å²) in [6, 6.07) is 5.36. The van der Waals surface area contributed by atoms with Crippen LogP contribution in [0, 0.1) is 0 Å². The van der Waals surface area contributed by atoms with Crippen molar-refractivity contribution in [2.24, 2.45) is 0 Å². The van der Waals surface area contributed by atoms with Gasteiger partial charge in [-0.1, -0.05) is 29.4 Å². The number of thioether (sulfide) groups is 1. The Hall–Kier alpha value is -1.27. The van der Waals surface area contributed by atoms with Gasteiger partial charge in [-0.2, -0.15) is 0 Å². The number of fused-ring (bicyclic) bond motifs is 1. The Kier molecular flexibility index (Phi) is 4.66. The first-order chi connectivity index (χ1) is 9.13. The van der Waals surface area contributed by atoms with Gasteiger partial charge in [-0.3, -0.25) is 9.18 Å². The maximum atomic E-state index is 12.3. The van der Waals surface area contributed by atoms with Crippen LogP contribution >= 0.6 is 23.4 Å². The lowest BCUT2D eigenvalue weighted by molar-refractivity contribution is -0.133. The van der Waals surface area contributed by atoms with Crippen LogP contribution in [-0.2, 0) is 11.3 Å². The summed E-state index contributed by atoms with van der Waals surface area (Å²) in [5, 5.41) is 9.79. The van der Waals surface area contributed by atoms with Gasteiger partial charge in [0.25, 0.3) is 0 Å². The Bertz CT molecular complexity index is 603. The van der Waals surface area contributed by atoms with Crippen LogP contribution in [0.25, 0.3) is 11.0 Å². The summed E-state index contributed by atoms with van der Waals surface area (Å²) in [4.78, 5) is 15.0. The van der Waals surface area contributed by atoms with E-state index in [-0.39, 0.29) is 5.75 Å². The maximum Gasteiger partial charge on any atom is 0.313 e. The molecule has 0 aliphatic heterocycles. The number of carboxylic acids is 1. The van der Waals surface area contributed by atoms with E-state index >= 15 is 0 Å². The van der Waals surface area contributed by atoms with Gasteiger partial charge in [0.1, 0.15) is 5.52 Å². The first-order valence-electron chi connectivity index (χ1n) is 5.68. The van der Waals surface area contributed by atoms with Gasteiger partial charge in [-0.15, -0.1) is 0 Å². The topological polar surface area (TPSA) is 55.1 Å². The molecule has 0 amide bonds. The molecule has 1 aromatic heterocycles. The van der Waals surface area contributed by atoms with E-state index in [0.29, 0.717) is 28.7 Å². The number of carbonyl (C=O) groups is 1. The zero-order valence-corrected chi connectivity index (χ0v) is 11.5. The number of para-hydroxylation sites is 1. The Morgan fingerprint density at radius 3 is 3.00 bits per heavy atom. The molecule has 1 N–H and O–H groups in total. The summed E-state index contributed by atoms with van der Waals surface area (Å²) < 4.78 is 14.2. The molecule has 2 rings (SSSR count). The first kappa shape index (κ1) is 14.1. The number of imidazole rings is 1. The zero-order chi connectivity index (χ0) is 13.8. The third kappa shape index (κ3) is 3.19. The minimum Gasteiger partial charge on any atom is -0.481 e. The van der Waals surface area contributed by atoms with Crippen LogP contribution in [0.4, 0.5) is 4.39 Å². The van der Waals surface area contributed by atoms with Crippen molar-refractivity contribution in [1.29, 1.82) is 0 Å². The number of alkyl halides is 1. The van der Waals surface area contributed by atoms with Crippen LogP contribution in [0.1, 0.15) is 6.42 Å². The van der Waals surface area contributed by atoms with Crippen LogP contribution in [0.5, 0.6) is 0 Å². The SMILES string of the molecule is O=C(O)CSc1nc2c(Cl)cccc2n1CCCF. The summed E-state index contributed by atoms with van der Waals surface area (Å²) in [6.07, 6.45) is 0.360. The number of benzene rings is 1. The highest BCUT2D eigenvalue weighted by Crippen LogP contribution is 2.28. The number of rotatable bonds is 6. The van der Waals surface area contributed by atoms with E-state index in [0.717, 1.165) is 17.3 Å². The Balaban J connectivity index is 2.41. The van der Waals surface area contributed by atoms with Crippen LogP contribution < -0.4 is 0 Å². The normalized spacial score (nSPS) is 11.1. The van der Waals surface area contributed by atoms with Gasteiger partial charge < -0.3 is 9.67 Å². The van der Waals surface area contributed by atoms with Crippen molar-refractivity contribution in [3.8, 4) is 0 Å². The molecule has 0 atom stereocenters. The lowest BCUT2D eigenvalue weighted by Crippen LogP contribution is -2.04. The van der Waals surface area contributed by atoms with Crippen LogP contribution in [0.3, 0.4) is 0 Å². The molecular formula is C12H12ClFN2O2S. The van der Waals surface area contributed by atoms with E-state index in [9.17, 15) is 9.18 Å². The monoisotopic (exact) mass is 302 g/mol. The molecule has 19 heavy (non-hydrogen) atoms. The number of nitrogens with zero attached hydrogens (tertiary/aromatic N) is 2. The van der Waals surface area contributed by atoms with Crippen molar-refractivity contribution >= 4 is 40.4 Å². The van der Waals surface area contributed by atoms with Crippen molar-refractivity contribution in [2.75, 3.05) is 12.4 Å². The summed E-state index contributed by atoms with van der Waals surface area (Å²) in [5.41, 5.74) is 1.42. The standard InChI is InChI=1S/C12H12ClFN2O2S/c13-8-3-1-4-9-11(8)15-12(19-7-10(17)18)16(9)6-2-5-14/h1,3-4H,2,5-7H2,(H,17,18). The second-order valence-corrected chi connectivity index (χ2v) is 5.23. The molecule has 7 heteroatoms. The number of aliphatic carboxylic acids is 1. The van der Waals surface area contributed by atoms with E-state index in [1.54, 1.807) is 12.1 Å². The van der Waals surface area contributed by atoms with Crippen LogP contribution in [-0.4, -0.2) is 33.1 Å². The minimum absolute atomic E-state index is 0.0867. The number of aromatic nitrogens is 2. The summed E-state index contributed by atoms with van der Waals surface area (Å²) in [5.74, 6) is -1.00. The second-order valence-electron chi connectivity index (χ2n) is 3.88. The van der Waals surface area contributed by atoms with Crippen molar-refractivity contribution in [3.05, 3.63) is 23.2 Å². The molecule has 4 nitrogen and oxygen atoms in total. The van der Waals surface area contributed by atoms with Gasteiger partial charge in [0.05, 0.1) is 23.0 Å². The molecule has 0 saturated carbocycles. The molecule has 1 heterocycles. The number of aryl methyl sites for hydroxylation is 1. The second kappa shape index (κ2) is 6.25. The number of carboxylic acid groups (broad SMARTS) is 1. The molecule has 0 unspecified atom stereocenters. The number of halogens is 2. The quantitative estimate of drug-likeness (QED) is 0.832. The van der Waals surface area contributed by atoms with Gasteiger partial charge in [0.15, 0.2) is 5.16 Å². The highest BCUT2D eigenvalue weighted by molar-refractivity contribution is 7.99. The Labute approximate surface area is 118 Å². The molecular weight excluding hydrogens is 291 g/mol. The van der Waals surface area contributed by atoms with Gasteiger partial charge in [0, 0.05) is 6.54 Å². The van der Waals surface area contributed by atoms with E-state index in [1.807, 2.05) is 10.6 Å². The van der Waals surface area contributed by atoms with E-state index in [4.69, 9.17) is 16.7 Å². The van der Waals surface area contributed by atoms with E-state index in [2.05, 4.69) is 4.98 Å². The molecule has 0 aliphatic carbocycles. The fraction of sp³-hybridized carbons (Fsp3) is 0.333. The molecule has 2 aromatic rings. The highest BCUT2D eigenvalue weighted by Gasteiger charge is 2.14. The average Bonchev–Trinajstić information content (AvgIpc) is 2.73. The maximum absolute atomic E-state index is 12.3. The third-order valence-corrected chi connectivity index (χ3v) is 3.80. The fourth-order valence-electron chi connectivity index (χ4n) is 1.76. The number of hydrogen-bond donors (Lipinski definition) is 1. The van der Waals surface area contributed by atoms with Crippen LogP contribution in [0.15, 0.2) is 23.4 Å². The summed E-state index contributed by atoms with van der Waals surface area (Å²) in [7, 11) is 0. The Morgan fingerprint density at radius 1 is 1.53 bits per heavy atom. The lowest BCUT2D eigenvalue weighted by Gasteiger charge is -2.06. The third-order valence-electron chi connectivity index (χ3n) is 2.53. The van der Waals surface area contributed by atoms with Crippen molar-refractivity contribution < 1.29 is 14.3 Å². The molecule has 0 spiro atoms. The molecule has 102 valence electrons. The average molecular weight is 303 g/mol. The zero-order valence-electron chi connectivity index (χ0n) is 9.97. The Morgan fingerprint density at radius 2 is 2.32 bits per heavy atom. The van der Waals surface area contributed by atoms with E-state index < -0.39 is 12.6 Å². The number of hydrogen-bond acceptors (Lipinski definition) is 3. The molecule has 0 aliphatic rings. The predicted octanol–water partition coefficient (Wildman–Crippen LogP) is 3.23.